The molecule has 0 aromatic carbocycles. The molecule has 2 aliphatic rings. The van der Waals surface area contributed by atoms with Crippen molar-refractivity contribution in [3.8, 4) is 0 Å². The van der Waals surface area contributed by atoms with Crippen LogP contribution in [0.3, 0.4) is 0 Å². The standard InChI is InChI=1S/C12H22O11/c13-1-3-6(16)8(18)10(11(20)21-3)23-12-9(19)7(17)5(15)4(2-14)22-12/h3-20H,1-2H2/t3-,4-,5-,6-,7+,8+,9-,10+,11-,12+/m1/s1. The first-order chi connectivity index (χ1) is 10.8. The molecule has 0 spiro atoms. The first-order valence-electron chi connectivity index (χ1n) is 7.08. The molecule has 0 aromatic rings. The zero-order valence-electron chi connectivity index (χ0n) is 12.0. The molecule has 11 heteroatoms. The van der Waals surface area contributed by atoms with E-state index in [2.05, 4.69) is 0 Å². The molecule has 10 atom stereocenters. The molecule has 0 saturated carbocycles. The van der Waals surface area contributed by atoms with E-state index in [1.54, 1.807) is 0 Å². The van der Waals surface area contributed by atoms with E-state index in [1.807, 2.05) is 0 Å². The summed E-state index contributed by atoms with van der Waals surface area (Å²) in [6, 6.07) is 0. The van der Waals surface area contributed by atoms with Crippen molar-refractivity contribution >= 4 is 0 Å². The zero-order valence-corrected chi connectivity index (χ0v) is 12.0. The van der Waals surface area contributed by atoms with Crippen LogP contribution in [0.2, 0.25) is 0 Å². The molecule has 2 aliphatic heterocycles. The van der Waals surface area contributed by atoms with Crippen LogP contribution in [0.1, 0.15) is 0 Å². The number of ether oxygens (including phenoxy) is 3. The van der Waals surface area contributed by atoms with E-state index in [0.717, 1.165) is 0 Å². The summed E-state index contributed by atoms with van der Waals surface area (Å²) >= 11 is 0. The van der Waals surface area contributed by atoms with Gasteiger partial charge >= 0.3 is 0 Å². The quantitative estimate of drug-likeness (QED) is 0.243. The molecule has 0 aromatic heterocycles. The molecule has 0 unspecified atom stereocenters. The Hall–Kier alpha value is -0.440. The molecule has 0 radical (unpaired) electrons. The van der Waals surface area contributed by atoms with E-state index >= 15 is 0 Å². The van der Waals surface area contributed by atoms with Gasteiger partial charge in [-0.05, 0) is 0 Å². The highest BCUT2D eigenvalue weighted by Gasteiger charge is 2.50. The molecule has 2 rings (SSSR count). The number of aliphatic hydroxyl groups excluding tert-OH is 8. The third-order valence-corrected chi connectivity index (χ3v) is 3.98. The Bertz CT molecular complexity index is 380. The number of rotatable bonds is 4. The summed E-state index contributed by atoms with van der Waals surface area (Å²) < 4.78 is 15.1. The maximum Gasteiger partial charge on any atom is 0.187 e. The predicted molar refractivity (Wildman–Crippen MR) is 68.6 cm³/mol. The summed E-state index contributed by atoms with van der Waals surface area (Å²) in [6.07, 6.45) is -15.6. The monoisotopic (exact) mass is 342 g/mol. The van der Waals surface area contributed by atoms with Gasteiger partial charge in [-0.1, -0.05) is 0 Å². The molecular formula is C12H22O11. The van der Waals surface area contributed by atoms with Gasteiger partial charge in [-0.2, -0.15) is 0 Å². The normalized spacial score (nSPS) is 51.7. The summed E-state index contributed by atoms with van der Waals surface area (Å²) in [5, 5.41) is 76.7. The van der Waals surface area contributed by atoms with Gasteiger partial charge in [-0.3, -0.25) is 0 Å². The summed E-state index contributed by atoms with van der Waals surface area (Å²) in [7, 11) is 0. The Balaban J connectivity index is 2.08. The van der Waals surface area contributed by atoms with E-state index in [-0.39, 0.29) is 0 Å². The molecule has 0 bridgehead atoms. The lowest BCUT2D eigenvalue weighted by Gasteiger charge is -2.44. The Morgan fingerprint density at radius 3 is 1.74 bits per heavy atom. The molecule has 11 nitrogen and oxygen atoms in total. The minimum absolute atomic E-state index is 0.651. The van der Waals surface area contributed by atoms with Crippen LogP contribution in [-0.4, -0.2) is 115 Å². The topological polar surface area (TPSA) is 190 Å². The molecule has 2 saturated heterocycles. The van der Waals surface area contributed by atoms with Crippen LogP contribution in [0.25, 0.3) is 0 Å². The number of hydrogen-bond acceptors (Lipinski definition) is 11. The fourth-order valence-corrected chi connectivity index (χ4v) is 2.55. The Morgan fingerprint density at radius 1 is 0.652 bits per heavy atom. The highest BCUT2D eigenvalue weighted by atomic mass is 16.7. The Kier molecular flexibility index (Phi) is 6.27. The Labute approximate surface area is 130 Å². The van der Waals surface area contributed by atoms with E-state index < -0.39 is 74.6 Å². The lowest BCUT2D eigenvalue weighted by Crippen LogP contribution is -2.64. The van der Waals surface area contributed by atoms with Crippen LogP contribution in [0.4, 0.5) is 0 Å². The van der Waals surface area contributed by atoms with Crippen molar-refractivity contribution in [2.24, 2.45) is 0 Å². The van der Waals surface area contributed by atoms with Gasteiger partial charge in [0, 0.05) is 0 Å². The molecule has 23 heavy (non-hydrogen) atoms. The molecule has 2 fully saturated rings. The zero-order chi connectivity index (χ0) is 17.3. The molecule has 2 heterocycles. The fraction of sp³-hybridized carbons (Fsp3) is 1.00. The minimum Gasteiger partial charge on any atom is -0.394 e. The second-order valence-electron chi connectivity index (χ2n) is 5.53. The van der Waals surface area contributed by atoms with Crippen molar-refractivity contribution in [3.05, 3.63) is 0 Å². The number of hydrogen-bond donors (Lipinski definition) is 8. The maximum absolute atomic E-state index is 9.94. The smallest absolute Gasteiger partial charge is 0.187 e. The molecule has 136 valence electrons. The highest BCUT2D eigenvalue weighted by molar-refractivity contribution is 4.93. The first kappa shape index (κ1) is 18.9. The summed E-state index contributed by atoms with van der Waals surface area (Å²) in [4.78, 5) is 0. The number of aliphatic hydroxyl groups is 8. The third-order valence-electron chi connectivity index (χ3n) is 3.98. The average molecular weight is 342 g/mol. The summed E-state index contributed by atoms with van der Waals surface area (Å²) in [5.74, 6) is 0. The maximum atomic E-state index is 9.94. The van der Waals surface area contributed by atoms with Gasteiger partial charge in [0.1, 0.15) is 48.8 Å². The van der Waals surface area contributed by atoms with Gasteiger partial charge in [-0.15, -0.1) is 0 Å². The van der Waals surface area contributed by atoms with Gasteiger partial charge < -0.3 is 55.1 Å². The molecule has 8 N–H and O–H groups in total. The van der Waals surface area contributed by atoms with E-state index in [9.17, 15) is 30.6 Å². The average Bonchev–Trinajstić information content (AvgIpc) is 2.54. The van der Waals surface area contributed by atoms with Crippen molar-refractivity contribution in [2.75, 3.05) is 13.2 Å². The van der Waals surface area contributed by atoms with Gasteiger partial charge in [0.15, 0.2) is 12.6 Å². The minimum atomic E-state index is -1.75. The second-order valence-corrected chi connectivity index (χ2v) is 5.53. The first-order valence-corrected chi connectivity index (χ1v) is 7.08. The molecule has 0 aliphatic carbocycles. The van der Waals surface area contributed by atoms with Crippen LogP contribution >= 0.6 is 0 Å². The largest absolute Gasteiger partial charge is 0.394 e. The van der Waals surface area contributed by atoms with Crippen molar-refractivity contribution in [1.29, 1.82) is 0 Å². The lowest BCUT2D eigenvalue weighted by molar-refractivity contribution is -0.361. The van der Waals surface area contributed by atoms with Crippen LogP contribution < -0.4 is 0 Å². The van der Waals surface area contributed by atoms with Gasteiger partial charge in [0.25, 0.3) is 0 Å². The van der Waals surface area contributed by atoms with Crippen molar-refractivity contribution in [2.45, 2.75) is 61.4 Å². The van der Waals surface area contributed by atoms with Crippen LogP contribution in [0.15, 0.2) is 0 Å². The second kappa shape index (κ2) is 7.63. The molecular weight excluding hydrogens is 320 g/mol. The SMILES string of the molecule is OC[C@H]1O[C@@H](O[C@H]2[C@@H](O)[C@H](O)[C@@H](CO)O[C@H]2O)[C@H](O)[C@@H](O)[C@@H]1O. The lowest BCUT2D eigenvalue weighted by atomic mass is 9.97. The van der Waals surface area contributed by atoms with Gasteiger partial charge in [0.05, 0.1) is 13.2 Å². The molecule has 0 amide bonds. The Morgan fingerprint density at radius 2 is 1.17 bits per heavy atom. The van der Waals surface area contributed by atoms with Gasteiger partial charge in [0.2, 0.25) is 0 Å². The van der Waals surface area contributed by atoms with Crippen LogP contribution in [0, 0.1) is 0 Å². The fourth-order valence-electron chi connectivity index (χ4n) is 2.55. The van der Waals surface area contributed by atoms with Crippen LogP contribution in [-0.2, 0) is 14.2 Å². The summed E-state index contributed by atoms with van der Waals surface area (Å²) in [6.45, 7) is -1.33. The van der Waals surface area contributed by atoms with Crippen molar-refractivity contribution in [1.82, 2.24) is 0 Å². The van der Waals surface area contributed by atoms with Crippen LogP contribution in [0.5, 0.6) is 0 Å². The van der Waals surface area contributed by atoms with E-state index in [0.29, 0.717) is 0 Å². The highest BCUT2D eigenvalue weighted by Crippen LogP contribution is 2.28. The van der Waals surface area contributed by atoms with Crippen molar-refractivity contribution in [3.63, 3.8) is 0 Å². The third kappa shape index (κ3) is 3.65. The van der Waals surface area contributed by atoms with E-state index in [1.165, 1.54) is 0 Å². The summed E-state index contributed by atoms with van der Waals surface area (Å²) in [5.41, 5.74) is 0. The predicted octanol–water partition coefficient (Wildman–Crippen LogP) is -5.40. The van der Waals surface area contributed by atoms with Crippen molar-refractivity contribution < 1.29 is 55.1 Å². The van der Waals surface area contributed by atoms with E-state index in [4.69, 9.17) is 24.4 Å². The van der Waals surface area contributed by atoms with Gasteiger partial charge in [-0.25, -0.2) is 0 Å².